The molecule has 0 fully saturated rings. The SMILES string of the molecule is CCOCCCNC(C(N)=O)C(C)C. The average Bonchev–Trinajstić information content (AvgIpc) is 2.09. The van der Waals surface area contributed by atoms with Crippen LogP contribution in [0.15, 0.2) is 0 Å². The monoisotopic (exact) mass is 202 g/mol. The van der Waals surface area contributed by atoms with Crippen LogP contribution < -0.4 is 11.1 Å². The first-order valence-corrected chi connectivity index (χ1v) is 5.20. The molecule has 3 N–H and O–H groups in total. The molecular weight excluding hydrogens is 180 g/mol. The molecule has 0 rings (SSSR count). The lowest BCUT2D eigenvalue weighted by atomic mass is 10.0. The van der Waals surface area contributed by atoms with E-state index in [-0.39, 0.29) is 17.9 Å². The predicted molar refractivity (Wildman–Crippen MR) is 56.9 cm³/mol. The summed E-state index contributed by atoms with van der Waals surface area (Å²) in [4.78, 5) is 11.0. The quantitative estimate of drug-likeness (QED) is 0.564. The maximum absolute atomic E-state index is 11.0. The van der Waals surface area contributed by atoms with Crippen molar-refractivity contribution in [3.8, 4) is 0 Å². The highest BCUT2D eigenvalue weighted by Gasteiger charge is 2.17. The summed E-state index contributed by atoms with van der Waals surface area (Å²) >= 11 is 0. The Balaban J connectivity index is 3.57. The third-order valence-electron chi connectivity index (χ3n) is 2.01. The van der Waals surface area contributed by atoms with Crippen LogP contribution in [-0.2, 0) is 9.53 Å². The minimum atomic E-state index is -0.281. The van der Waals surface area contributed by atoms with E-state index in [2.05, 4.69) is 5.32 Å². The number of primary amides is 1. The zero-order chi connectivity index (χ0) is 11.0. The number of ether oxygens (including phenoxy) is 1. The summed E-state index contributed by atoms with van der Waals surface area (Å²) in [6.07, 6.45) is 0.907. The number of hydrogen-bond donors (Lipinski definition) is 2. The van der Waals surface area contributed by atoms with Gasteiger partial charge in [-0.2, -0.15) is 0 Å². The van der Waals surface area contributed by atoms with E-state index >= 15 is 0 Å². The summed E-state index contributed by atoms with van der Waals surface area (Å²) in [5.41, 5.74) is 5.25. The van der Waals surface area contributed by atoms with E-state index in [1.165, 1.54) is 0 Å². The van der Waals surface area contributed by atoms with Crippen LogP contribution in [0, 0.1) is 5.92 Å². The van der Waals surface area contributed by atoms with E-state index in [0.29, 0.717) is 0 Å². The van der Waals surface area contributed by atoms with Crippen LogP contribution in [0.25, 0.3) is 0 Å². The van der Waals surface area contributed by atoms with Crippen LogP contribution in [0.1, 0.15) is 27.2 Å². The number of nitrogens with one attached hydrogen (secondary N) is 1. The smallest absolute Gasteiger partial charge is 0.234 e. The van der Waals surface area contributed by atoms with E-state index in [4.69, 9.17) is 10.5 Å². The Labute approximate surface area is 86.2 Å². The first kappa shape index (κ1) is 13.4. The van der Waals surface area contributed by atoms with Gasteiger partial charge in [0.05, 0.1) is 6.04 Å². The van der Waals surface area contributed by atoms with Gasteiger partial charge in [-0.1, -0.05) is 13.8 Å². The lowest BCUT2D eigenvalue weighted by Gasteiger charge is -2.18. The van der Waals surface area contributed by atoms with E-state index in [0.717, 1.165) is 26.2 Å². The molecular formula is C10H22N2O2. The second kappa shape index (κ2) is 7.76. The molecule has 0 saturated carbocycles. The molecule has 0 aliphatic rings. The highest BCUT2D eigenvalue weighted by molar-refractivity contribution is 5.80. The molecule has 0 radical (unpaired) electrons. The largest absolute Gasteiger partial charge is 0.382 e. The first-order valence-electron chi connectivity index (χ1n) is 5.20. The van der Waals surface area contributed by atoms with Crippen LogP contribution in [0.4, 0.5) is 0 Å². The molecule has 1 unspecified atom stereocenters. The molecule has 0 heterocycles. The van der Waals surface area contributed by atoms with Crippen LogP contribution >= 0.6 is 0 Å². The van der Waals surface area contributed by atoms with Gasteiger partial charge in [0.2, 0.25) is 5.91 Å². The van der Waals surface area contributed by atoms with E-state index < -0.39 is 0 Å². The molecule has 1 atom stereocenters. The van der Waals surface area contributed by atoms with Crippen LogP contribution in [0.2, 0.25) is 0 Å². The van der Waals surface area contributed by atoms with Gasteiger partial charge in [-0.3, -0.25) is 4.79 Å². The Hall–Kier alpha value is -0.610. The maximum Gasteiger partial charge on any atom is 0.234 e. The minimum absolute atomic E-state index is 0.225. The Morgan fingerprint density at radius 1 is 1.50 bits per heavy atom. The summed E-state index contributed by atoms with van der Waals surface area (Å²) in [5, 5.41) is 3.12. The van der Waals surface area contributed by atoms with Gasteiger partial charge in [0, 0.05) is 13.2 Å². The Bertz CT molecular complexity index is 160. The average molecular weight is 202 g/mol. The Kier molecular flexibility index (Phi) is 7.42. The fourth-order valence-electron chi connectivity index (χ4n) is 1.24. The van der Waals surface area contributed by atoms with Gasteiger partial charge in [0.1, 0.15) is 0 Å². The van der Waals surface area contributed by atoms with Gasteiger partial charge in [0.15, 0.2) is 0 Å². The van der Waals surface area contributed by atoms with Gasteiger partial charge >= 0.3 is 0 Å². The molecule has 0 aliphatic heterocycles. The van der Waals surface area contributed by atoms with Crippen molar-refractivity contribution in [1.29, 1.82) is 0 Å². The molecule has 4 nitrogen and oxygen atoms in total. The standard InChI is InChI=1S/C10H22N2O2/c1-4-14-7-5-6-12-9(8(2)3)10(11)13/h8-9,12H,4-7H2,1-3H3,(H2,11,13). The summed E-state index contributed by atoms with van der Waals surface area (Å²) in [5.74, 6) is -0.0454. The molecule has 4 heteroatoms. The normalized spacial score (nSPS) is 13.1. The third-order valence-corrected chi connectivity index (χ3v) is 2.01. The highest BCUT2D eigenvalue weighted by Crippen LogP contribution is 2.00. The molecule has 0 aliphatic carbocycles. The van der Waals surface area contributed by atoms with Crippen molar-refractivity contribution < 1.29 is 9.53 Å². The van der Waals surface area contributed by atoms with Crippen molar-refractivity contribution in [2.45, 2.75) is 33.2 Å². The second-order valence-corrected chi connectivity index (χ2v) is 3.63. The Morgan fingerprint density at radius 2 is 2.14 bits per heavy atom. The molecule has 84 valence electrons. The molecule has 0 saturated heterocycles. The molecule has 0 aromatic carbocycles. The van der Waals surface area contributed by atoms with E-state index in [1.807, 2.05) is 20.8 Å². The van der Waals surface area contributed by atoms with Crippen LogP contribution in [0.5, 0.6) is 0 Å². The van der Waals surface area contributed by atoms with Gasteiger partial charge in [-0.05, 0) is 25.8 Å². The molecule has 0 aromatic rings. The highest BCUT2D eigenvalue weighted by atomic mass is 16.5. The van der Waals surface area contributed by atoms with E-state index in [9.17, 15) is 4.79 Å². The van der Waals surface area contributed by atoms with E-state index in [1.54, 1.807) is 0 Å². The summed E-state index contributed by atoms with van der Waals surface area (Å²) < 4.78 is 5.18. The lowest BCUT2D eigenvalue weighted by Crippen LogP contribution is -2.45. The number of carbonyl (C=O) groups excluding carboxylic acids is 1. The zero-order valence-corrected chi connectivity index (χ0v) is 9.38. The second-order valence-electron chi connectivity index (χ2n) is 3.63. The summed E-state index contributed by atoms with van der Waals surface area (Å²) in [7, 11) is 0. The minimum Gasteiger partial charge on any atom is -0.382 e. The number of rotatable bonds is 8. The number of amides is 1. The number of nitrogens with two attached hydrogens (primary N) is 1. The van der Waals surface area contributed by atoms with Crippen molar-refractivity contribution in [2.24, 2.45) is 11.7 Å². The van der Waals surface area contributed by atoms with Crippen molar-refractivity contribution in [2.75, 3.05) is 19.8 Å². The zero-order valence-electron chi connectivity index (χ0n) is 9.38. The first-order chi connectivity index (χ1) is 6.59. The van der Waals surface area contributed by atoms with Crippen LogP contribution in [-0.4, -0.2) is 31.7 Å². The fraction of sp³-hybridized carbons (Fsp3) is 0.900. The van der Waals surface area contributed by atoms with Crippen LogP contribution in [0.3, 0.4) is 0 Å². The predicted octanol–water partition coefficient (Wildman–Crippen LogP) is 0.513. The molecule has 0 aromatic heterocycles. The van der Waals surface area contributed by atoms with Gasteiger partial charge < -0.3 is 15.8 Å². The van der Waals surface area contributed by atoms with Gasteiger partial charge in [-0.25, -0.2) is 0 Å². The van der Waals surface area contributed by atoms with Crippen molar-refractivity contribution in [3.05, 3.63) is 0 Å². The summed E-state index contributed by atoms with van der Waals surface area (Å²) in [6.45, 7) is 8.16. The van der Waals surface area contributed by atoms with Crippen molar-refractivity contribution in [3.63, 3.8) is 0 Å². The topological polar surface area (TPSA) is 64.3 Å². The lowest BCUT2D eigenvalue weighted by molar-refractivity contribution is -0.121. The Morgan fingerprint density at radius 3 is 2.57 bits per heavy atom. The number of hydrogen-bond acceptors (Lipinski definition) is 3. The maximum atomic E-state index is 11.0. The number of carbonyl (C=O) groups is 1. The third kappa shape index (κ3) is 5.94. The fourth-order valence-corrected chi connectivity index (χ4v) is 1.24. The summed E-state index contributed by atoms with van der Waals surface area (Å²) in [6, 6.07) is -0.225. The van der Waals surface area contributed by atoms with Crippen molar-refractivity contribution >= 4 is 5.91 Å². The molecule has 0 spiro atoms. The molecule has 14 heavy (non-hydrogen) atoms. The van der Waals surface area contributed by atoms with Gasteiger partial charge in [-0.15, -0.1) is 0 Å². The molecule has 1 amide bonds. The molecule has 0 bridgehead atoms. The van der Waals surface area contributed by atoms with Crippen molar-refractivity contribution in [1.82, 2.24) is 5.32 Å². The van der Waals surface area contributed by atoms with Gasteiger partial charge in [0.25, 0.3) is 0 Å².